The van der Waals surface area contributed by atoms with Crippen LogP contribution >= 0.6 is 0 Å². The first-order valence-corrected chi connectivity index (χ1v) is 13.3. The zero-order valence-corrected chi connectivity index (χ0v) is 12.0. The predicted molar refractivity (Wildman–Crippen MR) is 49.0 cm³/mol. The zero-order chi connectivity index (χ0) is 8.57. The molecule has 4 heteroatoms. The monoisotopic (exact) mass is 270 g/mol. The van der Waals surface area contributed by atoms with Gasteiger partial charge in [-0.25, -0.2) is 0 Å². The van der Waals surface area contributed by atoms with Crippen molar-refractivity contribution in [2.24, 2.45) is 0 Å². The average molecular weight is 267 g/mol. The van der Waals surface area contributed by atoms with E-state index in [0.29, 0.717) is 0 Å². The summed E-state index contributed by atoms with van der Waals surface area (Å²) in [7, 11) is 3.55. The van der Waals surface area contributed by atoms with Crippen molar-refractivity contribution in [2.75, 3.05) is 14.2 Å². The summed E-state index contributed by atoms with van der Waals surface area (Å²) >= 11 is -1.71. The summed E-state index contributed by atoms with van der Waals surface area (Å²) in [5.74, 6) is 8.67. The molecule has 0 fully saturated rings. The van der Waals surface area contributed by atoms with Crippen LogP contribution in [0.3, 0.4) is 0 Å². The summed E-state index contributed by atoms with van der Waals surface area (Å²) in [6.45, 7) is 0. The number of rotatable bonds is 2. The molecule has 0 aliphatic rings. The molecule has 0 aliphatic heterocycles. The van der Waals surface area contributed by atoms with Crippen LogP contribution in [-0.2, 0) is 7.53 Å². The van der Waals surface area contributed by atoms with E-state index in [-0.39, 0.29) is 0 Å². The van der Waals surface area contributed by atoms with Crippen LogP contribution in [0.15, 0.2) is 0 Å². The zero-order valence-electron chi connectivity index (χ0n) is 7.82. The Morgan fingerprint density at radius 2 is 0.800 bits per heavy atom. The van der Waals surface area contributed by atoms with Gasteiger partial charge in [-0.2, -0.15) is 0 Å². The van der Waals surface area contributed by atoms with Gasteiger partial charge < -0.3 is 0 Å². The van der Waals surface area contributed by atoms with Gasteiger partial charge >= 0.3 is 74.1 Å². The predicted octanol–water partition coefficient (Wildman–Crippen LogP) is 1.77. The van der Waals surface area contributed by atoms with Crippen molar-refractivity contribution in [2.45, 2.75) is 23.0 Å². The van der Waals surface area contributed by atoms with Crippen LogP contribution in [0.1, 0.15) is 0 Å². The normalized spacial score (nSPS) is 9.60. The third-order valence-electron chi connectivity index (χ3n) is 0.816. The van der Waals surface area contributed by atoms with Crippen molar-refractivity contribution in [1.82, 2.24) is 0 Å². The van der Waals surface area contributed by atoms with Gasteiger partial charge in [0.1, 0.15) is 0 Å². The fourth-order valence-corrected chi connectivity index (χ4v) is 0. The SMILES string of the molecule is C[O][Ge]([CH3])[CH3].C[O][Ge]([CH3])[CH3]. The van der Waals surface area contributed by atoms with Gasteiger partial charge in [0.15, 0.2) is 0 Å². The van der Waals surface area contributed by atoms with Gasteiger partial charge in [0.25, 0.3) is 0 Å². The molecule has 0 N–H and O–H groups in total. The third kappa shape index (κ3) is 23.0. The maximum absolute atomic E-state index is 4.92. The molecule has 0 aromatic rings. The van der Waals surface area contributed by atoms with Crippen molar-refractivity contribution in [3.05, 3.63) is 0 Å². The molecular weight excluding hydrogens is 249 g/mol. The van der Waals surface area contributed by atoms with Crippen molar-refractivity contribution in [1.29, 1.82) is 0 Å². The van der Waals surface area contributed by atoms with Gasteiger partial charge in [0, 0.05) is 0 Å². The second-order valence-electron chi connectivity index (χ2n) is 2.22. The van der Waals surface area contributed by atoms with E-state index in [0.717, 1.165) is 0 Å². The molecule has 0 heterocycles. The molecule has 0 atom stereocenters. The van der Waals surface area contributed by atoms with Crippen molar-refractivity contribution >= 4 is 29.4 Å². The van der Waals surface area contributed by atoms with E-state index in [2.05, 4.69) is 23.0 Å². The Labute approximate surface area is 74.2 Å². The molecule has 0 unspecified atom stereocenters. The van der Waals surface area contributed by atoms with E-state index < -0.39 is 29.4 Å². The molecule has 0 aromatic heterocycles. The minimum absolute atomic E-state index is 0.856. The second-order valence-corrected chi connectivity index (χ2v) is 11.6. The number of hydrogen-bond acceptors (Lipinski definition) is 2. The first-order chi connectivity index (χ1) is 4.54. The topological polar surface area (TPSA) is 18.5 Å². The second kappa shape index (κ2) is 10.0. The Morgan fingerprint density at radius 3 is 0.800 bits per heavy atom. The molecule has 0 aromatic carbocycles. The third-order valence-corrected chi connectivity index (χ3v) is 4.24. The standard InChI is InChI=1S/2C3H9GeO/c2*1-4(2)5-3/h2*1-3H3. The van der Waals surface area contributed by atoms with E-state index in [1.165, 1.54) is 0 Å². The molecule has 0 saturated carbocycles. The molecular formula is C6H18Ge2O2. The van der Waals surface area contributed by atoms with Crippen LogP contribution in [0, 0.1) is 0 Å². The quantitative estimate of drug-likeness (QED) is 0.710. The van der Waals surface area contributed by atoms with E-state index in [1.54, 1.807) is 14.2 Å². The van der Waals surface area contributed by atoms with Gasteiger partial charge in [0.2, 0.25) is 0 Å². The molecule has 0 spiro atoms. The summed E-state index contributed by atoms with van der Waals surface area (Å²) in [5.41, 5.74) is 0. The van der Waals surface area contributed by atoms with Crippen LogP contribution in [0.4, 0.5) is 0 Å². The molecule has 62 valence electrons. The van der Waals surface area contributed by atoms with E-state index in [4.69, 9.17) is 7.53 Å². The summed E-state index contributed by atoms with van der Waals surface area (Å²) in [6, 6.07) is 0. The van der Waals surface area contributed by atoms with Crippen molar-refractivity contribution < 1.29 is 7.53 Å². The first kappa shape index (κ1) is 13.6. The molecule has 0 rings (SSSR count). The first-order valence-electron chi connectivity index (χ1n) is 3.22. The Balaban J connectivity index is 0. The fourth-order valence-electron chi connectivity index (χ4n) is 0. The molecule has 2 radical (unpaired) electrons. The summed E-state index contributed by atoms with van der Waals surface area (Å²) in [6.07, 6.45) is 0. The molecule has 0 amide bonds. The molecule has 0 aliphatic carbocycles. The van der Waals surface area contributed by atoms with Crippen LogP contribution < -0.4 is 0 Å². The summed E-state index contributed by atoms with van der Waals surface area (Å²) < 4.78 is 9.83. The summed E-state index contributed by atoms with van der Waals surface area (Å²) in [4.78, 5) is 0. The Morgan fingerprint density at radius 1 is 0.700 bits per heavy atom. The molecule has 0 saturated heterocycles. The molecule has 0 bridgehead atoms. The Hall–Kier alpha value is 1.01. The van der Waals surface area contributed by atoms with Crippen LogP contribution in [0.2, 0.25) is 23.0 Å². The fraction of sp³-hybridized carbons (Fsp3) is 1.00. The maximum atomic E-state index is 4.92. The summed E-state index contributed by atoms with van der Waals surface area (Å²) in [5, 5.41) is 0. The van der Waals surface area contributed by atoms with Crippen LogP contribution in [-0.4, -0.2) is 43.6 Å². The van der Waals surface area contributed by atoms with Gasteiger partial charge in [-0.05, 0) is 0 Å². The Kier molecular flexibility index (Phi) is 13.6. The van der Waals surface area contributed by atoms with E-state index in [9.17, 15) is 0 Å². The van der Waals surface area contributed by atoms with Crippen molar-refractivity contribution in [3.8, 4) is 0 Å². The van der Waals surface area contributed by atoms with Crippen LogP contribution in [0.25, 0.3) is 0 Å². The minimum atomic E-state index is -0.856. The van der Waals surface area contributed by atoms with Gasteiger partial charge in [0.05, 0.1) is 0 Å². The van der Waals surface area contributed by atoms with E-state index >= 15 is 0 Å². The van der Waals surface area contributed by atoms with Crippen LogP contribution in [0.5, 0.6) is 0 Å². The average Bonchev–Trinajstić information content (AvgIpc) is 1.89. The van der Waals surface area contributed by atoms with E-state index in [1.807, 2.05) is 0 Å². The Bertz CT molecular complexity index is 49.7. The molecule has 2 nitrogen and oxygen atoms in total. The van der Waals surface area contributed by atoms with Gasteiger partial charge in [-0.1, -0.05) is 0 Å². The van der Waals surface area contributed by atoms with Gasteiger partial charge in [-0.3, -0.25) is 0 Å². The van der Waals surface area contributed by atoms with Gasteiger partial charge in [-0.15, -0.1) is 0 Å². The number of hydrogen-bond donors (Lipinski definition) is 0. The van der Waals surface area contributed by atoms with Crippen molar-refractivity contribution in [3.63, 3.8) is 0 Å². The molecule has 10 heavy (non-hydrogen) atoms.